The molecule has 1 aromatic carbocycles. The Kier molecular flexibility index (Phi) is 4.45. The number of Topliss-reactive ketones (excluding diaryl/α,β-unsaturated/α-hetero) is 1. The number of ketones is 1. The molecule has 0 fully saturated rings. The molecule has 0 radical (unpaired) electrons. The highest BCUT2D eigenvalue weighted by molar-refractivity contribution is 6.30. The fourth-order valence-corrected chi connectivity index (χ4v) is 2.50. The van der Waals surface area contributed by atoms with Crippen LogP contribution in [-0.4, -0.2) is 26.3 Å². The first-order valence-corrected chi connectivity index (χ1v) is 7.52. The maximum Gasteiger partial charge on any atom is 0.273 e. The molecule has 0 unspecified atom stereocenters. The zero-order valence-electron chi connectivity index (χ0n) is 12.9. The maximum atomic E-state index is 14.5. The molecule has 3 aromatic rings. The van der Waals surface area contributed by atoms with Crippen LogP contribution in [0.1, 0.15) is 33.5 Å². The lowest BCUT2D eigenvalue weighted by Crippen LogP contribution is -2.27. The van der Waals surface area contributed by atoms with E-state index in [0.717, 1.165) is 10.6 Å². The number of rotatable bonds is 4. The minimum Gasteiger partial charge on any atom is -0.347 e. The molecule has 0 aliphatic heterocycles. The van der Waals surface area contributed by atoms with Gasteiger partial charge in [0.2, 0.25) is 0 Å². The molecule has 25 heavy (non-hydrogen) atoms. The Morgan fingerprint density at radius 3 is 2.72 bits per heavy atom. The van der Waals surface area contributed by atoms with Gasteiger partial charge in [-0.3, -0.25) is 9.59 Å². The maximum absolute atomic E-state index is 14.5. The SMILES string of the molecule is CC(=O)c1c(F)c(C(=O)NCc2ccc(F)c(Cl)c2)nc2ccnn12. The number of aromatic nitrogens is 3. The van der Waals surface area contributed by atoms with Gasteiger partial charge in [0.05, 0.1) is 11.2 Å². The van der Waals surface area contributed by atoms with E-state index >= 15 is 0 Å². The van der Waals surface area contributed by atoms with Crippen molar-refractivity contribution in [2.75, 3.05) is 0 Å². The molecule has 1 N–H and O–H groups in total. The highest BCUT2D eigenvalue weighted by atomic mass is 35.5. The van der Waals surface area contributed by atoms with E-state index in [1.807, 2.05) is 0 Å². The topological polar surface area (TPSA) is 76.4 Å². The highest BCUT2D eigenvalue weighted by Gasteiger charge is 2.23. The Bertz CT molecular complexity index is 1000. The third-order valence-corrected chi connectivity index (χ3v) is 3.75. The van der Waals surface area contributed by atoms with Crippen molar-refractivity contribution in [1.82, 2.24) is 19.9 Å². The smallest absolute Gasteiger partial charge is 0.273 e. The molecule has 0 bridgehead atoms. The normalized spacial score (nSPS) is 10.9. The van der Waals surface area contributed by atoms with Crippen LogP contribution >= 0.6 is 11.6 Å². The molecule has 0 saturated carbocycles. The van der Waals surface area contributed by atoms with Crippen LogP contribution in [0.4, 0.5) is 8.78 Å². The Labute approximate surface area is 145 Å². The second-order valence-corrected chi connectivity index (χ2v) is 5.62. The van der Waals surface area contributed by atoms with Gasteiger partial charge < -0.3 is 5.32 Å². The minimum atomic E-state index is -1.06. The molecule has 9 heteroatoms. The van der Waals surface area contributed by atoms with Gasteiger partial charge in [0.15, 0.2) is 22.9 Å². The van der Waals surface area contributed by atoms with Gasteiger partial charge in [0, 0.05) is 19.5 Å². The van der Waals surface area contributed by atoms with E-state index in [-0.39, 0.29) is 22.9 Å². The van der Waals surface area contributed by atoms with Crippen molar-refractivity contribution in [3.8, 4) is 0 Å². The quantitative estimate of drug-likeness (QED) is 0.722. The summed E-state index contributed by atoms with van der Waals surface area (Å²) in [5, 5.41) is 6.20. The van der Waals surface area contributed by atoms with Gasteiger partial charge in [-0.25, -0.2) is 18.3 Å². The van der Waals surface area contributed by atoms with Crippen LogP contribution in [0.5, 0.6) is 0 Å². The Morgan fingerprint density at radius 1 is 1.28 bits per heavy atom. The fourth-order valence-electron chi connectivity index (χ4n) is 2.29. The number of benzene rings is 1. The third kappa shape index (κ3) is 3.20. The van der Waals surface area contributed by atoms with Gasteiger partial charge in [-0.15, -0.1) is 0 Å². The number of hydrogen-bond donors (Lipinski definition) is 1. The lowest BCUT2D eigenvalue weighted by Gasteiger charge is -2.09. The molecule has 3 rings (SSSR count). The van der Waals surface area contributed by atoms with E-state index in [4.69, 9.17) is 11.6 Å². The molecule has 0 saturated heterocycles. The monoisotopic (exact) mass is 364 g/mol. The Hall–Kier alpha value is -2.87. The summed E-state index contributed by atoms with van der Waals surface area (Å²) in [6, 6.07) is 5.39. The average Bonchev–Trinajstić information content (AvgIpc) is 3.02. The summed E-state index contributed by atoms with van der Waals surface area (Å²) in [6.07, 6.45) is 1.34. The van der Waals surface area contributed by atoms with Crippen LogP contribution in [0.2, 0.25) is 5.02 Å². The van der Waals surface area contributed by atoms with E-state index in [1.165, 1.54) is 31.3 Å². The standard InChI is InChI=1S/C16H11ClF2N4O2/c1-8(24)15-13(19)14(22-12-4-5-21-23(12)15)16(25)20-7-9-2-3-11(18)10(17)6-9/h2-6H,7H2,1H3,(H,20,25). The number of halogens is 3. The molecule has 6 nitrogen and oxygen atoms in total. The number of fused-ring (bicyclic) bond motifs is 1. The van der Waals surface area contributed by atoms with Crippen molar-refractivity contribution >= 4 is 28.9 Å². The number of carbonyl (C=O) groups excluding carboxylic acids is 2. The third-order valence-electron chi connectivity index (χ3n) is 3.46. The van der Waals surface area contributed by atoms with Crippen molar-refractivity contribution < 1.29 is 18.4 Å². The van der Waals surface area contributed by atoms with Crippen LogP contribution < -0.4 is 5.32 Å². The lowest BCUT2D eigenvalue weighted by molar-refractivity contribution is 0.0941. The van der Waals surface area contributed by atoms with Gasteiger partial charge in [0.25, 0.3) is 5.91 Å². The van der Waals surface area contributed by atoms with Gasteiger partial charge >= 0.3 is 0 Å². The molecular formula is C16H11ClF2N4O2. The number of amides is 1. The zero-order chi connectivity index (χ0) is 18.1. The second kappa shape index (κ2) is 6.56. The van der Waals surface area contributed by atoms with Gasteiger partial charge in [-0.05, 0) is 17.7 Å². The van der Waals surface area contributed by atoms with Gasteiger partial charge in [0.1, 0.15) is 11.5 Å². The molecular weight excluding hydrogens is 354 g/mol. The van der Waals surface area contributed by atoms with E-state index in [1.54, 1.807) is 0 Å². The van der Waals surface area contributed by atoms with Crippen molar-refractivity contribution in [2.45, 2.75) is 13.5 Å². The number of nitrogens with zero attached hydrogens (tertiary/aromatic N) is 3. The van der Waals surface area contributed by atoms with Crippen LogP contribution in [0.25, 0.3) is 5.65 Å². The Morgan fingerprint density at radius 2 is 2.04 bits per heavy atom. The van der Waals surface area contributed by atoms with Crippen LogP contribution in [0, 0.1) is 11.6 Å². The summed E-state index contributed by atoms with van der Waals surface area (Å²) in [5.74, 6) is -3.04. The van der Waals surface area contributed by atoms with E-state index < -0.39 is 29.0 Å². The summed E-state index contributed by atoms with van der Waals surface area (Å²) in [4.78, 5) is 27.9. The number of carbonyl (C=O) groups is 2. The molecule has 0 aliphatic rings. The van der Waals surface area contributed by atoms with Crippen LogP contribution in [0.3, 0.4) is 0 Å². The van der Waals surface area contributed by atoms with Crippen LogP contribution in [0.15, 0.2) is 30.5 Å². The van der Waals surface area contributed by atoms with E-state index in [0.29, 0.717) is 5.56 Å². The molecule has 2 aromatic heterocycles. The molecule has 128 valence electrons. The molecule has 0 atom stereocenters. The Balaban J connectivity index is 1.90. The zero-order valence-corrected chi connectivity index (χ0v) is 13.6. The van der Waals surface area contributed by atoms with Gasteiger partial charge in [-0.2, -0.15) is 5.10 Å². The summed E-state index contributed by atoms with van der Waals surface area (Å²) >= 11 is 5.67. The largest absolute Gasteiger partial charge is 0.347 e. The first-order valence-electron chi connectivity index (χ1n) is 7.14. The summed E-state index contributed by atoms with van der Waals surface area (Å²) < 4.78 is 28.7. The first-order chi connectivity index (χ1) is 11.9. The second-order valence-electron chi connectivity index (χ2n) is 5.21. The summed E-state index contributed by atoms with van der Waals surface area (Å²) in [5.41, 5.74) is -0.185. The predicted octanol–water partition coefficient (Wildman–Crippen LogP) is 2.79. The highest BCUT2D eigenvalue weighted by Crippen LogP contribution is 2.17. The molecule has 0 spiro atoms. The summed E-state index contributed by atoms with van der Waals surface area (Å²) in [6.45, 7) is 1.15. The van der Waals surface area contributed by atoms with Gasteiger partial charge in [-0.1, -0.05) is 17.7 Å². The minimum absolute atomic E-state index is 0.0141. The fraction of sp³-hybridized carbons (Fsp3) is 0.125. The molecule has 2 heterocycles. The lowest BCUT2D eigenvalue weighted by atomic mass is 10.2. The van der Waals surface area contributed by atoms with E-state index in [2.05, 4.69) is 15.4 Å². The van der Waals surface area contributed by atoms with Crippen LogP contribution in [-0.2, 0) is 6.54 Å². The number of hydrogen-bond acceptors (Lipinski definition) is 4. The molecule has 0 aliphatic carbocycles. The van der Waals surface area contributed by atoms with Crippen molar-refractivity contribution in [1.29, 1.82) is 0 Å². The average molecular weight is 365 g/mol. The van der Waals surface area contributed by atoms with Crippen molar-refractivity contribution in [3.05, 3.63) is 64.1 Å². The molecule has 1 amide bonds. The van der Waals surface area contributed by atoms with Crippen molar-refractivity contribution in [2.24, 2.45) is 0 Å². The first kappa shape index (κ1) is 17.0. The van der Waals surface area contributed by atoms with Crippen molar-refractivity contribution in [3.63, 3.8) is 0 Å². The predicted molar refractivity (Wildman–Crippen MR) is 85.5 cm³/mol. The summed E-state index contributed by atoms with van der Waals surface area (Å²) in [7, 11) is 0. The van der Waals surface area contributed by atoms with E-state index in [9.17, 15) is 18.4 Å². The number of nitrogens with one attached hydrogen (secondary N) is 1.